The molecule has 1 N–H and O–H groups in total. The third-order valence-electron chi connectivity index (χ3n) is 2.59. The summed E-state index contributed by atoms with van der Waals surface area (Å²) in [6.45, 7) is 0. The van der Waals surface area contributed by atoms with Crippen LogP contribution in [0.4, 0.5) is 8.78 Å². The van der Waals surface area contributed by atoms with Crippen molar-refractivity contribution in [3.8, 4) is 0 Å². The Balaban J connectivity index is 1.71. The predicted molar refractivity (Wildman–Crippen MR) is 38.8 cm³/mol. The van der Waals surface area contributed by atoms with Crippen molar-refractivity contribution < 1.29 is 13.6 Å². The molecule has 2 nitrogen and oxygen atoms in total. The van der Waals surface area contributed by atoms with Gasteiger partial charge in [0.15, 0.2) is 0 Å². The van der Waals surface area contributed by atoms with Gasteiger partial charge in [0, 0.05) is 6.04 Å². The molecule has 0 aliphatic heterocycles. The van der Waals surface area contributed by atoms with Crippen LogP contribution in [0.25, 0.3) is 0 Å². The molecule has 2 saturated carbocycles. The van der Waals surface area contributed by atoms with Crippen LogP contribution in [0.1, 0.15) is 19.3 Å². The first-order chi connectivity index (χ1) is 5.68. The van der Waals surface area contributed by atoms with Crippen molar-refractivity contribution in [2.24, 2.45) is 11.8 Å². The molecule has 0 heterocycles. The molecule has 0 aromatic heterocycles. The average Bonchev–Trinajstić information content (AvgIpc) is 2.79. The standard InChI is InChI=1S/C8H11F2NO/c9-7(10)8(12)11-6-3-5(6)4-1-2-4/h4-7H,1-3H2,(H,11,12)/t5-,6+/m0/s1. The summed E-state index contributed by atoms with van der Waals surface area (Å²) in [5, 5.41) is 2.34. The van der Waals surface area contributed by atoms with Gasteiger partial charge in [-0.05, 0) is 31.1 Å². The van der Waals surface area contributed by atoms with E-state index in [1.807, 2.05) is 0 Å². The summed E-state index contributed by atoms with van der Waals surface area (Å²) in [5.41, 5.74) is 0. The smallest absolute Gasteiger partial charge is 0.315 e. The molecule has 12 heavy (non-hydrogen) atoms. The Hall–Kier alpha value is -0.670. The summed E-state index contributed by atoms with van der Waals surface area (Å²) in [4.78, 5) is 10.5. The van der Waals surface area contributed by atoms with Gasteiger partial charge in [0.05, 0.1) is 0 Å². The molecule has 1 amide bonds. The molecule has 2 aliphatic carbocycles. The Bertz CT molecular complexity index is 203. The molecule has 0 unspecified atom stereocenters. The largest absolute Gasteiger partial charge is 0.348 e. The number of alkyl halides is 2. The number of hydrogen-bond donors (Lipinski definition) is 1. The molecule has 2 rings (SSSR count). The van der Waals surface area contributed by atoms with Crippen LogP contribution in [0.15, 0.2) is 0 Å². The van der Waals surface area contributed by atoms with Gasteiger partial charge in [-0.25, -0.2) is 0 Å². The number of hydrogen-bond acceptors (Lipinski definition) is 1. The summed E-state index contributed by atoms with van der Waals surface area (Å²) in [7, 11) is 0. The molecule has 2 fully saturated rings. The highest BCUT2D eigenvalue weighted by Crippen LogP contribution is 2.49. The Labute approximate surface area is 69.3 Å². The zero-order chi connectivity index (χ0) is 8.72. The van der Waals surface area contributed by atoms with Gasteiger partial charge in [0.2, 0.25) is 0 Å². The van der Waals surface area contributed by atoms with Crippen molar-refractivity contribution >= 4 is 5.91 Å². The number of amides is 1. The van der Waals surface area contributed by atoms with E-state index in [4.69, 9.17) is 0 Å². The third-order valence-corrected chi connectivity index (χ3v) is 2.59. The Morgan fingerprint density at radius 3 is 2.58 bits per heavy atom. The fourth-order valence-electron chi connectivity index (χ4n) is 1.67. The van der Waals surface area contributed by atoms with Crippen molar-refractivity contribution in [2.45, 2.75) is 31.7 Å². The number of carbonyl (C=O) groups excluding carboxylic acids is 1. The van der Waals surface area contributed by atoms with Gasteiger partial charge in [0.1, 0.15) is 0 Å². The van der Waals surface area contributed by atoms with Gasteiger partial charge in [-0.3, -0.25) is 4.79 Å². The molecule has 0 aromatic carbocycles. The minimum absolute atomic E-state index is 0.0546. The van der Waals surface area contributed by atoms with E-state index in [0.29, 0.717) is 11.8 Å². The maximum atomic E-state index is 11.7. The van der Waals surface area contributed by atoms with Crippen LogP contribution in [0.2, 0.25) is 0 Å². The van der Waals surface area contributed by atoms with E-state index in [0.717, 1.165) is 6.42 Å². The van der Waals surface area contributed by atoms with Crippen molar-refractivity contribution in [3.05, 3.63) is 0 Å². The second-order valence-corrected chi connectivity index (χ2v) is 3.65. The minimum Gasteiger partial charge on any atom is -0.348 e. The van der Waals surface area contributed by atoms with Crippen molar-refractivity contribution in [2.75, 3.05) is 0 Å². The monoisotopic (exact) mass is 175 g/mol. The molecule has 0 spiro atoms. The maximum absolute atomic E-state index is 11.7. The highest BCUT2D eigenvalue weighted by atomic mass is 19.3. The van der Waals surface area contributed by atoms with E-state index in [-0.39, 0.29) is 6.04 Å². The second kappa shape index (κ2) is 2.68. The SMILES string of the molecule is O=C(N[C@@H]1C[C@H]1C1CC1)C(F)F. The average molecular weight is 175 g/mol. The predicted octanol–water partition coefficient (Wildman–Crippen LogP) is 1.17. The lowest BCUT2D eigenvalue weighted by Gasteiger charge is -2.01. The normalized spacial score (nSPS) is 33.6. The van der Waals surface area contributed by atoms with Crippen LogP contribution >= 0.6 is 0 Å². The molecule has 4 heteroatoms. The molecular formula is C8H11F2NO. The number of halogens is 2. The van der Waals surface area contributed by atoms with E-state index in [9.17, 15) is 13.6 Å². The second-order valence-electron chi connectivity index (χ2n) is 3.65. The van der Waals surface area contributed by atoms with E-state index in [1.165, 1.54) is 12.8 Å². The Morgan fingerprint density at radius 2 is 2.08 bits per heavy atom. The van der Waals surface area contributed by atoms with Crippen LogP contribution in [-0.4, -0.2) is 18.4 Å². The van der Waals surface area contributed by atoms with E-state index < -0.39 is 12.3 Å². The van der Waals surface area contributed by atoms with E-state index in [1.54, 1.807) is 0 Å². The third kappa shape index (κ3) is 1.57. The fraction of sp³-hybridized carbons (Fsp3) is 0.875. The summed E-state index contributed by atoms with van der Waals surface area (Å²) in [5.74, 6) is 0.115. The maximum Gasteiger partial charge on any atom is 0.315 e. The first kappa shape index (κ1) is 7.95. The van der Waals surface area contributed by atoms with Crippen molar-refractivity contribution in [3.63, 3.8) is 0 Å². The van der Waals surface area contributed by atoms with Crippen LogP contribution in [0, 0.1) is 11.8 Å². The number of rotatable bonds is 3. The molecule has 0 radical (unpaired) electrons. The lowest BCUT2D eigenvalue weighted by molar-refractivity contribution is -0.131. The van der Waals surface area contributed by atoms with Gasteiger partial charge in [0.25, 0.3) is 5.91 Å². The summed E-state index contributed by atoms with van der Waals surface area (Å²) in [6.07, 6.45) is 0.478. The van der Waals surface area contributed by atoms with E-state index in [2.05, 4.69) is 5.32 Å². The lowest BCUT2D eigenvalue weighted by Crippen LogP contribution is -2.32. The Kier molecular flexibility index (Phi) is 1.77. The highest BCUT2D eigenvalue weighted by molar-refractivity contribution is 5.79. The molecular weight excluding hydrogens is 164 g/mol. The van der Waals surface area contributed by atoms with Crippen LogP contribution < -0.4 is 5.32 Å². The fourth-order valence-corrected chi connectivity index (χ4v) is 1.67. The molecule has 0 aromatic rings. The summed E-state index contributed by atoms with van der Waals surface area (Å²) in [6, 6.07) is 0.0546. The highest BCUT2D eigenvalue weighted by Gasteiger charge is 2.48. The molecule has 68 valence electrons. The van der Waals surface area contributed by atoms with Crippen molar-refractivity contribution in [1.29, 1.82) is 0 Å². The number of nitrogens with one attached hydrogen (secondary N) is 1. The molecule has 0 saturated heterocycles. The van der Waals surface area contributed by atoms with Gasteiger partial charge >= 0.3 is 6.43 Å². The van der Waals surface area contributed by atoms with Gasteiger partial charge in [-0.15, -0.1) is 0 Å². The first-order valence-electron chi connectivity index (χ1n) is 4.27. The summed E-state index contributed by atoms with van der Waals surface area (Å²) >= 11 is 0. The molecule has 2 aliphatic rings. The van der Waals surface area contributed by atoms with Gasteiger partial charge < -0.3 is 5.32 Å². The van der Waals surface area contributed by atoms with Crippen LogP contribution in [-0.2, 0) is 4.79 Å². The topological polar surface area (TPSA) is 29.1 Å². The van der Waals surface area contributed by atoms with Gasteiger partial charge in [-0.1, -0.05) is 0 Å². The minimum atomic E-state index is -2.86. The van der Waals surface area contributed by atoms with Crippen LogP contribution in [0.5, 0.6) is 0 Å². The van der Waals surface area contributed by atoms with Crippen molar-refractivity contribution in [1.82, 2.24) is 5.32 Å². The quantitative estimate of drug-likeness (QED) is 0.685. The molecule has 0 bridgehead atoms. The first-order valence-corrected chi connectivity index (χ1v) is 4.27. The van der Waals surface area contributed by atoms with E-state index >= 15 is 0 Å². The zero-order valence-corrected chi connectivity index (χ0v) is 6.59. The Morgan fingerprint density at radius 1 is 1.42 bits per heavy atom. The lowest BCUT2D eigenvalue weighted by atomic mass is 10.3. The van der Waals surface area contributed by atoms with Crippen LogP contribution in [0.3, 0.4) is 0 Å². The summed E-state index contributed by atoms with van der Waals surface area (Å²) < 4.78 is 23.5. The number of carbonyl (C=O) groups is 1. The molecule has 2 atom stereocenters. The van der Waals surface area contributed by atoms with Gasteiger partial charge in [-0.2, -0.15) is 8.78 Å². The zero-order valence-electron chi connectivity index (χ0n) is 6.59.